The maximum Gasteiger partial charge on any atom is 0.261 e. The minimum absolute atomic E-state index is 0.0295. The van der Waals surface area contributed by atoms with E-state index >= 15 is 0 Å². The van der Waals surface area contributed by atoms with Crippen molar-refractivity contribution < 1.29 is 27.8 Å². The molecule has 1 aromatic heterocycles. The fraction of sp³-hybridized carbons (Fsp3) is 0.548. The molecule has 1 aromatic carbocycles. The number of allylic oxidation sites excluding steroid dienone is 1. The molecule has 0 N–H and O–H groups in total. The molecule has 7 heteroatoms. The molecular formula is C31H48O6Si. The summed E-state index contributed by atoms with van der Waals surface area (Å²) >= 11 is 0. The van der Waals surface area contributed by atoms with Crippen LogP contribution < -0.4 is 9.47 Å². The molecule has 0 saturated carbocycles. The second-order valence-electron chi connectivity index (χ2n) is 11.7. The van der Waals surface area contributed by atoms with Crippen molar-refractivity contribution in [1.82, 2.24) is 0 Å². The normalized spacial score (nSPS) is 15.1. The van der Waals surface area contributed by atoms with E-state index in [9.17, 15) is 0 Å². The molecule has 6 nitrogen and oxygen atoms in total. The van der Waals surface area contributed by atoms with Crippen molar-refractivity contribution in [3.05, 3.63) is 60.3 Å². The molecule has 0 aliphatic rings. The summed E-state index contributed by atoms with van der Waals surface area (Å²) < 4.78 is 35.9. The lowest BCUT2D eigenvalue weighted by Gasteiger charge is -2.38. The lowest BCUT2D eigenvalue weighted by atomic mass is 9.99. The summed E-state index contributed by atoms with van der Waals surface area (Å²) in [7, 11) is 1.08. The topological polar surface area (TPSA) is 59.3 Å². The summed E-state index contributed by atoms with van der Waals surface area (Å²) in [5, 5.41) is 0.985. The van der Waals surface area contributed by atoms with E-state index in [-0.39, 0.29) is 29.8 Å². The van der Waals surface area contributed by atoms with Gasteiger partial charge in [-0.1, -0.05) is 47.3 Å². The van der Waals surface area contributed by atoms with Crippen LogP contribution in [0.3, 0.4) is 0 Å². The number of rotatable bonds is 14. The largest absolute Gasteiger partial charge is 0.519 e. The molecule has 0 saturated heterocycles. The first kappa shape index (κ1) is 31.6. The Labute approximate surface area is 230 Å². The maximum atomic E-state index is 6.65. The first-order chi connectivity index (χ1) is 17.7. The zero-order valence-corrected chi connectivity index (χ0v) is 26.3. The van der Waals surface area contributed by atoms with E-state index < -0.39 is 8.32 Å². The van der Waals surface area contributed by atoms with Crippen LogP contribution in [0.2, 0.25) is 18.1 Å². The third-order valence-electron chi connectivity index (χ3n) is 7.37. The number of methoxy groups -OCH3 is 2. The summed E-state index contributed by atoms with van der Waals surface area (Å²) in [6.07, 6.45) is 4.40. The van der Waals surface area contributed by atoms with Gasteiger partial charge in [0.1, 0.15) is 17.4 Å². The smallest absolute Gasteiger partial charge is 0.261 e. The van der Waals surface area contributed by atoms with Gasteiger partial charge in [0.2, 0.25) is 0 Å². The molecule has 0 amide bonds. The van der Waals surface area contributed by atoms with Gasteiger partial charge >= 0.3 is 0 Å². The SMILES string of the molecule is C=C[C@H](C)[C@H](O/C(=C\C[C@H](C)c1cc2cc(OCOC)c(OC)c(C)c2o1)O[Si](C)(C)C(C)(C)C)C(=C)C. The van der Waals surface area contributed by atoms with E-state index in [2.05, 4.69) is 66.9 Å². The number of aryl methyl sites for hydroxylation is 1. The number of benzene rings is 1. The zero-order valence-electron chi connectivity index (χ0n) is 25.3. The van der Waals surface area contributed by atoms with Gasteiger partial charge in [-0.25, -0.2) is 0 Å². The number of hydrogen-bond donors (Lipinski definition) is 0. The van der Waals surface area contributed by atoms with Gasteiger partial charge in [0, 0.05) is 29.9 Å². The standard InChI is InChI=1S/C31H48O6Si/c1-14-21(4)28(20(2)3)36-27(37-38(12,13)31(7,8)9)16-15-22(5)25-17-24-18-26(34-19-32-10)30(33-11)23(6)29(24)35-25/h14,16-18,21-22,28H,1-2,15,19H2,3-13H3/b27-16+/t21-,22-,28+/m0/s1. The van der Waals surface area contributed by atoms with Crippen molar-refractivity contribution in [2.75, 3.05) is 21.0 Å². The fourth-order valence-electron chi connectivity index (χ4n) is 3.86. The molecule has 212 valence electrons. The molecule has 0 fully saturated rings. The summed E-state index contributed by atoms with van der Waals surface area (Å²) in [4.78, 5) is 0. The highest BCUT2D eigenvalue weighted by Crippen LogP contribution is 2.41. The Kier molecular flexibility index (Phi) is 10.8. The van der Waals surface area contributed by atoms with E-state index in [1.165, 1.54) is 0 Å². The van der Waals surface area contributed by atoms with Crippen LogP contribution in [0, 0.1) is 12.8 Å². The lowest BCUT2D eigenvalue weighted by Crippen LogP contribution is -2.41. The van der Waals surface area contributed by atoms with Crippen LogP contribution >= 0.6 is 0 Å². The van der Waals surface area contributed by atoms with Gasteiger partial charge in [0.25, 0.3) is 14.3 Å². The van der Waals surface area contributed by atoms with Crippen molar-refractivity contribution in [1.29, 1.82) is 0 Å². The van der Waals surface area contributed by atoms with Crippen molar-refractivity contribution in [2.45, 2.75) is 85.0 Å². The van der Waals surface area contributed by atoms with Crippen molar-refractivity contribution >= 4 is 19.3 Å². The highest BCUT2D eigenvalue weighted by atomic mass is 28.4. The van der Waals surface area contributed by atoms with Crippen LogP contribution in [0.5, 0.6) is 11.5 Å². The molecule has 0 aliphatic carbocycles. The summed E-state index contributed by atoms with van der Waals surface area (Å²) in [6, 6.07) is 3.99. The van der Waals surface area contributed by atoms with Crippen LogP contribution in [0.15, 0.2) is 53.4 Å². The third-order valence-corrected chi connectivity index (χ3v) is 11.7. The van der Waals surface area contributed by atoms with Crippen molar-refractivity contribution in [3.63, 3.8) is 0 Å². The summed E-state index contributed by atoms with van der Waals surface area (Å²) in [5.74, 6) is 2.86. The summed E-state index contributed by atoms with van der Waals surface area (Å²) in [5.41, 5.74) is 2.61. The molecule has 2 rings (SSSR count). The van der Waals surface area contributed by atoms with Crippen molar-refractivity contribution in [3.8, 4) is 11.5 Å². The Morgan fingerprint density at radius 1 is 1.16 bits per heavy atom. The number of hydrogen-bond acceptors (Lipinski definition) is 6. The quantitative estimate of drug-likeness (QED) is 0.102. The van der Waals surface area contributed by atoms with Gasteiger partial charge in [0.05, 0.1) is 7.11 Å². The highest BCUT2D eigenvalue weighted by molar-refractivity contribution is 6.74. The van der Waals surface area contributed by atoms with Gasteiger partial charge < -0.3 is 27.8 Å². The average Bonchev–Trinajstić information content (AvgIpc) is 3.27. The lowest BCUT2D eigenvalue weighted by molar-refractivity contribution is 0.0375. The van der Waals surface area contributed by atoms with Gasteiger partial charge in [-0.05, 0) is 62.2 Å². The first-order valence-corrected chi connectivity index (χ1v) is 16.1. The Bertz CT molecular complexity index is 1140. The number of fused-ring (bicyclic) bond motifs is 1. The molecular weight excluding hydrogens is 496 g/mol. The highest BCUT2D eigenvalue weighted by Gasteiger charge is 2.40. The van der Waals surface area contributed by atoms with E-state index in [4.69, 9.17) is 27.8 Å². The predicted molar refractivity (Wildman–Crippen MR) is 158 cm³/mol. The average molecular weight is 545 g/mol. The van der Waals surface area contributed by atoms with Gasteiger partial charge in [-0.2, -0.15) is 0 Å². The summed E-state index contributed by atoms with van der Waals surface area (Å²) in [6.45, 7) is 27.5. The molecule has 0 bridgehead atoms. The van der Waals surface area contributed by atoms with E-state index in [0.717, 1.165) is 27.9 Å². The molecule has 0 radical (unpaired) electrons. The molecule has 3 atom stereocenters. The Hall–Kier alpha value is -2.64. The van der Waals surface area contributed by atoms with E-state index in [1.54, 1.807) is 14.2 Å². The molecule has 0 aliphatic heterocycles. The molecule has 0 spiro atoms. The second-order valence-corrected chi connectivity index (χ2v) is 16.4. The Morgan fingerprint density at radius 2 is 1.82 bits per heavy atom. The predicted octanol–water partition coefficient (Wildman–Crippen LogP) is 8.87. The maximum absolute atomic E-state index is 6.65. The van der Waals surface area contributed by atoms with Gasteiger partial charge in [-0.3, -0.25) is 0 Å². The van der Waals surface area contributed by atoms with Crippen LogP contribution in [0.1, 0.15) is 65.2 Å². The van der Waals surface area contributed by atoms with Crippen LogP contribution in [0.25, 0.3) is 11.0 Å². The molecule has 0 unspecified atom stereocenters. The molecule has 2 aromatic rings. The van der Waals surface area contributed by atoms with Gasteiger partial charge in [-0.15, -0.1) is 6.58 Å². The van der Waals surface area contributed by atoms with E-state index in [1.807, 2.05) is 32.1 Å². The van der Waals surface area contributed by atoms with E-state index in [0.29, 0.717) is 23.9 Å². The zero-order chi connectivity index (χ0) is 28.8. The van der Waals surface area contributed by atoms with Crippen LogP contribution in [0.4, 0.5) is 0 Å². The van der Waals surface area contributed by atoms with Crippen LogP contribution in [-0.4, -0.2) is 35.4 Å². The third kappa shape index (κ3) is 7.47. The van der Waals surface area contributed by atoms with Crippen LogP contribution in [-0.2, 0) is 13.9 Å². The number of furan rings is 1. The Morgan fingerprint density at radius 3 is 2.34 bits per heavy atom. The second kappa shape index (κ2) is 12.9. The minimum Gasteiger partial charge on any atom is -0.519 e. The molecule has 1 heterocycles. The number of ether oxygens (including phenoxy) is 4. The first-order valence-electron chi connectivity index (χ1n) is 13.2. The monoisotopic (exact) mass is 544 g/mol. The molecule has 38 heavy (non-hydrogen) atoms. The van der Waals surface area contributed by atoms with Gasteiger partial charge in [0.15, 0.2) is 18.3 Å². The fourth-order valence-corrected chi connectivity index (χ4v) is 4.80. The minimum atomic E-state index is -2.14. The Balaban J connectivity index is 2.41. The van der Waals surface area contributed by atoms with Crippen molar-refractivity contribution in [2.24, 2.45) is 5.92 Å².